The predicted octanol–water partition coefficient (Wildman–Crippen LogP) is 2.32. The molecule has 0 unspecified atom stereocenters. The first-order valence-corrected chi connectivity index (χ1v) is 8.08. The van der Waals surface area contributed by atoms with E-state index < -0.39 is 0 Å². The molecule has 0 fully saturated rings. The highest BCUT2D eigenvalue weighted by molar-refractivity contribution is 5.94. The molecule has 0 bridgehead atoms. The van der Waals surface area contributed by atoms with Crippen molar-refractivity contribution in [3.8, 4) is 5.82 Å². The zero-order valence-corrected chi connectivity index (χ0v) is 13.9. The molecule has 4 rings (SSSR count). The number of nitrogens with zero attached hydrogens (tertiary/aromatic N) is 5. The number of aryl methyl sites for hydroxylation is 1. The van der Waals surface area contributed by atoms with Gasteiger partial charge in [-0.05, 0) is 25.2 Å². The van der Waals surface area contributed by atoms with Crippen molar-refractivity contribution in [3.05, 3.63) is 23.9 Å². The number of carbonyl (C=O) groups is 1. The summed E-state index contributed by atoms with van der Waals surface area (Å²) in [6, 6.07) is 0. The molecule has 8 heteroatoms. The Morgan fingerprint density at radius 1 is 1.33 bits per heavy atom. The van der Waals surface area contributed by atoms with Crippen LogP contribution in [0.3, 0.4) is 0 Å². The Bertz CT molecular complexity index is 924. The smallest absolute Gasteiger partial charge is 0.226 e. The van der Waals surface area contributed by atoms with Crippen molar-refractivity contribution >= 4 is 22.9 Å². The van der Waals surface area contributed by atoms with E-state index in [-0.39, 0.29) is 11.8 Å². The van der Waals surface area contributed by atoms with Gasteiger partial charge in [0.05, 0.1) is 12.0 Å². The van der Waals surface area contributed by atoms with Gasteiger partial charge in [0.2, 0.25) is 5.91 Å². The number of aromatic amines is 1. The highest BCUT2D eigenvalue weighted by atomic mass is 16.1. The molecule has 0 spiro atoms. The van der Waals surface area contributed by atoms with E-state index in [1.807, 2.05) is 6.92 Å². The summed E-state index contributed by atoms with van der Waals surface area (Å²) in [5, 5.41) is 7.62. The minimum Gasteiger partial charge on any atom is -0.340 e. The van der Waals surface area contributed by atoms with Gasteiger partial charge in [0.25, 0.3) is 0 Å². The summed E-state index contributed by atoms with van der Waals surface area (Å²) >= 11 is 0. The van der Waals surface area contributed by atoms with Crippen molar-refractivity contribution in [3.63, 3.8) is 0 Å². The van der Waals surface area contributed by atoms with Crippen LogP contribution < -0.4 is 5.32 Å². The summed E-state index contributed by atoms with van der Waals surface area (Å²) in [7, 11) is 0. The maximum Gasteiger partial charge on any atom is 0.226 e. The first-order valence-electron chi connectivity index (χ1n) is 8.08. The minimum absolute atomic E-state index is 0.0178. The molecule has 3 aromatic heterocycles. The topological polar surface area (TPSA) is 101 Å². The van der Waals surface area contributed by atoms with Crippen molar-refractivity contribution in [2.24, 2.45) is 5.92 Å². The largest absolute Gasteiger partial charge is 0.340 e. The molecule has 0 aromatic carbocycles. The summed E-state index contributed by atoms with van der Waals surface area (Å²) in [6.45, 7) is 6.32. The summed E-state index contributed by atoms with van der Waals surface area (Å²) in [6.07, 6.45) is 4.49. The van der Waals surface area contributed by atoms with Gasteiger partial charge < -0.3 is 10.3 Å². The van der Waals surface area contributed by atoms with Gasteiger partial charge in [0.1, 0.15) is 17.7 Å². The number of amides is 1. The van der Waals surface area contributed by atoms with Crippen LogP contribution in [0.5, 0.6) is 0 Å². The molecule has 2 N–H and O–H groups in total. The Morgan fingerprint density at radius 2 is 2.17 bits per heavy atom. The van der Waals surface area contributed by atoms with E-state index in [0.717, 1.165) is 17.7 Å². The third-order valence-corrected chi connectivity index (χ3v) is 4.36. The minimum atomic E-state index is 0.0178. The summed E-state index contributed by atoms with van der Waals surface area (Å²) in [4.78, 5) is 27.9. The van der Waals surface area contributed by atoms with Crippen molar-refractivity contribution < 1.29 is 4.79 Å². The van der Waals surface area contributed by atoms with Crippen LogP contribution in [-0.4, -0.2) is 35.6 Å². The van der Waals surface area contributed by atoms with Crippen LogP contribution in [0.4, 0.5) is 5.82 Å². The quantitative estimate of drug-likeness (QED) is 0.769. The van der Waals surface area contributed by atoms with Crippen LogP contribution in [-0.2, 0) is 4.79 Å². The maximum atomic E-state index is 12.2. The summed E-state index contributed by atoms with van der Waals surface area (Å²) in [5.41, 5.74) is 3.29. The monoisotopic (exact) mass is 325 g/mol. The lowest BCUT2D eigenvalue weighted by Gasteiger charge is -2.25. The molecule has 0 radical (unpaired) electrons. The van der Waals surface area contributed by atoms with E-state index in [1.165, 1.54) is 6.33 Å². The number of imidazole rings is 1. The van der Waals surface area contributed by atoms with Gasteiger partial charge in [-0.2, -0.15) is 9.78 Å². The fourth-order valence-electron chi connectivity index (χ4n) is 3.49. The van der Waals surface area contributed by atoms with Crippen molar-refractivity contribution in [2.45, 2.75) is 39.5 Å². The number of fused-ring (bicyclic) bond motifs is 2. The fourth-order valence-corrected chi connectivity index (χ4v) is 3.49. The number of hydrogen-bond donors (Lipinski definition) is 2. The first kappa shape index (κ1) is 14.8. The highest BCUT2D eigenvalue weighted by Crippen LogP contribution is 2.39. The molecule has 3 aromatic rings. The van der Waals surface area contributed by atoms with Gasteiger partial charge in [-0.3, -0.25) is 4.79 Å². The molecule has 1 aliphatic rings. The number of aromatic nitrogens is 6. The zero-order chi connectivity index (χ0) is 16.8. The molecule has 1 aliphatic heterocycles. The van der Waals surface area contributed by atoms with Gasteiger partial charge in [0, 0.05) is 12.0 Å². The standard InChI is InChI=1S/C16H19N7O/c1-8(2)4-10-5-11(24)21-15-12(10)9(3)22-23(15)16-13-14(18-6-17-13)19-7-20-16/h6-8,10H,4-5H2,1-3H3,(H,21,24)(H,17,18,19,20)/t10-/m0/s1. The average molecular weight is 325 g/mol. The number of anilines is 1. The van der Waals surface area contributed by atoms with E-state index in [1.54, 1.807) is 11.0 Å². The van der Waals surface area contributed by atoms with Crippen LogP contribution in [0, 0.1) is 12.8 Å². The predicted molar refractivity (Wildman–Crippen MR) is 89.0 cm³/mol. The molecule has 0 saturated heterocycles. The molecule has 1 atom stereocenters. The first-order chi connectivity index (χ1) is 11.5. The molecule has 1 amide bonds. The number of hydrogen-bond acceptors (Lipinski definition) is 5. The van der Waals surface area contributed by atoms with E-state index in [9.17, 15) is 4.79 Å². The Balaban J connectivity index is 1.90. The maximum absolute atomic E-state index is 12.2. The lowest BCUT2D eigenvalue weighted by molar-refractivity contribution is -0.117. The van der Waals surface area contributed by atoms with E-state index >= 15 is 0 Å². The van der Waals surface area contributed by atoms with Crippen molar-refractivity contribution in [1.29, 1.82) is 0 Å². The SMILES string of the molecule is Cc1nn(-c2ncnc3nc[nH]c23)c2c1[C@@H](CC(C)C)CC(=O)N2. The normalized spacial score (nSPS) is 17.3. The Morgan fingerprint density at radius 3 is 2.96 bits per heavy atom. The second-order valence-corrected chi connectivity index (χ2v) is 6.64. The van der Waals surface area contributed by atoms with Crippen LogP contribution in [0.15, 0.2) is 12.7 Å². The molecule has 8 nitrogen and oxygen atoms in total. The molecule has 0 saturated carbocycles. The van der Waals surface area contributed by atoms with Crippen molar-refractivity contribution in [2.75, 3.05) is 5.32 Å². The van der Waals surface area contributed by atoms with Crippen LogP contribution in [0.1, 0.15) is 43.9 Å². The average Bonchev–Trinajstić information content (AvgIpc) is 3.11. The molecular weight excluding hydrogens is 306 g/mol. The third-order valence-electron chi connectivity index (χ3n) is 4.36. The van der Waals surface area contributed by atoms with Gasteiger partial charge in [-0.1, -0.05) is 13.8 Å². The van der Waals surface area contributed by atoms with Gasteiger partial charge in [0.15, 0.2) is 11.5 Å². The van der Waals surface area contributed by atoms with Crippen LogP contribution >= 0.6 is 0 Å². The van der Waals surface area contributed by atoms with Gasteiger partial charge in [-0.25, -0.2) is 15.0 Å². The fraction of sp³-hybridized carbons (Fsp3) is 0.438. The Kier molecular flexibility index (Phi) is 3.33. The number of carbonyl (C=O) groups excluding carboxylic acids is 1. The number of H-pyrrole nitrogens is 1. The summed E-state index contributed by atoms with van der Waals surface area (Å²) in [5.74, 6) is 2.01. The van der Waals surface area contributed by atoms with Crippen LogP contribution in [0.25, 0.3) is 17.0 Å². The number of nitrogens with one attached hydrogen (secondary N) is 2. The third kappa shape index (κ3) is 2.26. The van der Waals surface area contributed by atoms with Crippen molar-refractivity contribution in [1.82, 2.24) is 29.7 Å². The Labute approximate surface area is 138 Å². The van der Waals surface area contributed by atoms with Crippen LogP contribution in [0.2, 0.25) is 0 Å². The summed E-state index contributed by atoms with van der Waals surface area (Å²) < 4.78 is 1.69. The Hall–Kier alpha value is -2.77. The molecular formula is C16H19N7O. The second-order valence-electron chi connectivity index (χ2n) is 6.64. The van der Waals surface area contributed by atoms with E-state index in [0.29, 0.717) is 35.1 Å². The highest BCUT2D eigenvalue weighted by Gasteiger charge is 2.32. The number of rotatable bonds is 3. The lowest BCUT2D eigenvalue weighted by atomic mass is 9.85. The molecule has 24 heavy (non-hydrogen) atoms. The van der Waals surface area contributed by atoms with Gasteiger partial charge >= 0.3 is 0 Å². The molecule has 4 heterocycles. The molecule has 0 aliphatic carbocycles. The van der Waals surface area contributed by atoms with E-state index in [4.69, 9.17) is 0 Å². The van der Waals surface area contributed by atoms with Gasteiger partial charge in [-0.15, -0.1) is 0 Å². The lowest BCUT2D eigenvalue weighted by Crippen LogP contribution is -2.25. The van der Waals surface area contributed by atoms with E-state index in [2.05, 4.69) is 44.2 Å². The second kappa shape index (κ2) is 5.40. The zero-order valence-electron chi connectivity index (χ0n) is 13.9. The molecule has 124 valence electrons.